The van der Waals surface area contributed by atoms with Crippen LogP contribution >= 0.6 is 0 Å². The first kappa shape index (κ1) is 15.4. The largest absolute Gasteiger partial charge is 0.464 e. The topological polar surface area (TPSA) is 90.6 Å². The highest BCUT2D eigenvalue weighted by molar-refractivity contribution is 6.08. The fourth-order valence-electron chi connectivity index (χ4n) is 1.37. The molecule has 0 fully saturated rings. The Labute approximate surface area is 115 Å². The summed E-state index contributed by atoms with van der Waals surface area (Å²) in [6, 6.07) is 5.10. The van der Waals surface area contributed by atoms with Crippen LogP contribution in [0.1, 0.15) is 26.3 Å². The van der Waals surface area contributed by atoms with Gasteiger partial charge in [0.2, 0.25) is 0 Å². The monoisotopic (exact) mass is 280 g/mol. The number of hydrogen-bond donors (Lipinski definition) is 1. The molecule has 0 spiro atoms. The summed E-state index contributed by atoms with van der Waals surface area (Å²) in [5.41, 5.74) is -1.85. The third kappa shape index (κ3) is 3.45. The maximum Gasteiger partial charge on any atom is 0.424 e. The van der Waals surface area contributed by atoms with Crippen molar-refractivity contribution in [3.8, 4) is 6.07 Å². The van der Waals surface area contributed by atoms with E-state index in [0.717, 1.165) is 6.07 Å². The van der Waals surface area contributed by atoms with Crippen LogP contribution < -0.4 is 4.90 Å². The summed E-state index contributed by atoms with van der Waals surface area (Å²) < 4.78 is 18.8. The van der Waals surface area contributed by atoms with E-state index in [-0.39, 0.29) is 10.5 Å². The predicted octanol–water partition coefficient (Wildman–Crippen LogP) is 3.12. The van der Waals surface area contributed by atoms with Gasteiger partial charge < -0.3 is 9.84 Å². The molecule has 0 saturated carbocycles. The highest BCUT2D eigenvalue weighted by atomic mass is 19.1. The van der Waals surface area contributed by atoms with Crippen LogP contribution in [0.5, 0.6) is 0 Å². The van der Waals surface area contributed by atoms with Gasteiger partial charge in [0, 0.05) is 0 Å². The molecule has 1 N–H and O–H groups in total. The highest BCUT2D eigenvalue weighted by Gasteiger charge is 2.31. The van der Waals surface area contributed by atoms with Crippen LogP contribution in [0, 0.1) is 17.1 Å². The predicted molar refractivity (Wildman–Crippen MR) is 67.9 cm³/mol. The van der Waals surface area contributed by atoms with Crippen molar-refractivity contribution >= 4 is 17.9 Å². The average molecular weight is 280 g/mol. The van der Waals surface area contributed by atoms with Crippen molar-refractivity contribution in [2.45, 2.75) is 26.4 Å². The molecule has 0 saturated heterocycles. The number of anilines is 1. The van der Waals surface area contributed by atoms with E-state index in [0.29, 0.717) is 0 Å². The second-order valence-electron chi connectivity index (χ2n) is 4.85. The molecule has 0 aliphatic carbocycles. The molecule has 0 heterocycles. The number of imide groups is 1. The van der Waals surface area contributed by atoms with Gasteiger partial charge in [-0.1, -0.05) is 6.07 Å². The molecule has 0 aliphatic rings. The first-order valence-electron chi connectivity index (χ1n) is 5.62. The Kier molecular flexibility index (Phi) is 4.30. The first-order chi connectivity index (χ1) is 9.17. The molecule has 0 atom stereocenters. The maximum absolute atomic E-state index is 13.9. The number of halogens is 1. The SMILES string of the molecule is CC(C)(C)OC(=O)N(C(=O)O)c1cccc(C#N)c1F. The van der Waals surface area contributed by atoms with Crippen LogP contribution in [0.2, 0.25) is 0 Å². The van der Waals surface area contributed by atoms with Crippen molar-refractivity contribution in [3.05, 3.63) is 29.6 Å². The molecule has 1 aromatic carbocycles. The number of nitrogens with zero attached hydrogens (tertiary/aromatic N) is 2. The number of hydrogen-bond acceptors (Lipinski definition) is 4. The summed E-state index contributed by atoms with van der Waals surface area (Å²) in [6.07, 6.45) is -2.94. The van der Waals surface area contributed by atoms with Gasteiger partial charge in [0.05, 0.1) is 11.3 Å². The van der Waals surface area contributed by atoms with E-state index >= 15 is 0 Å². The highest BCUT2D eigenvalue weighted by Crippen LogP contribution is 2.24. The summed E-state index contributed by atoms with van der Waals surface area (Å²) in [7, 11) is 0. The summed E-state index contributed by atoms with van der Waals surface area (Å²) in [4.78, 5) is 23.1. The Morgan fingerprint density at radius 3 is 2.45 bits per heavy atom. The molecular formula is C13H13FN2O4. The van der Waals surface area contributed by atoms with Gasteiger partial charge in [0.15, 0.2) is 5.82 Å². The van der Waals surface area contributed by atoms with Gasteiger partial charge in [0.1, 0.15) is 11.7 Å². The molecular weight excluding hydrogens is 267 g/mol. The molecule has 0 aromatic heterocycles. The Balaban J connectivity index is 3.26. The molecule has 0 unspecified atom stereocenters. The first-order valence-corrected chi connectivity index (χ1v) is 5.62. The molecule has 0 radical (unpaired) electrons. The zero-order valence-electron chi connectivity index (χ0n) is 11.2. The third-order valence-corrected chi connectivity index (χ3v) is 2.11. The molecule has 6 nitrogen and oxygen atoms in total. The van der Waals surface area contributed by atoms with Gasteiger partial charge in [0.25, 0.3) is 0 Å². The molecule has 106 valence electrons. The number of amides is 2. The fraction of sp³-hybridized carbons (Fsp3) is 0.308. The van der Waals surface area contributed by atoms with Crippen LogP contribution in [0.3, 0.4) is 0 Å². The van der Waals surface area contributed by atoms with Crippen molar-refractivity contribution in [1.82, 2.24) is 0 Å². The molecule has 0 bridgehead atoms. The van der Waals surface area contributed by atoms with E-state index in [4.69, 9.17) is 15.1 Å². The second-order valence-corrected chi connectivity index (χ2v) is 4.85. The smallest absolute Gasteiger partial charge is 0.424 e. The lowest BCUT2D eigenvalue weighted by Crippen LogP contribution is -2.40. The second kappa shape index (κ2) is 5.57. The Morgan fingerprint density at radius 1 is 1.40 bits per heavy atom. The third-order valence-electron chi connectivity index (χ3n) is 2.11. The number of carbonyl (C=O) groups is 2. The molecule has 20 heavy (non-hydrogen) atoms. The quantitative estimate of drug-likeness (QED) is 0.853. The van der Waals surface area contributed by atoms with Crippen LogP contribution in [0.4, 0.5) is 19.7 Å². The normalized spacial score (nSPS) is 10.6. The minimum atomic E-state index is -1.70. The molecule has 0 aliphatic heterocycles. The van der Waals surface area contributed by atoms with Crippen LogP contribution in [0.25, 0.3) is 0 Å². The lowest BCUT2D eigenvalue weighted by atomic mass is 10.2. The van der Waals surface area contributed by atoms with E-state index in [2.05, 4.69) is 0 Å². The number of carbonyl (C=O) groups excluding carboxylic acids is 1. The standard InChI is InChI=1S/C13H13FN2O4/c1-13(2,3)20-12(19)16(11(17)18)9-6-4-5-8(7-15)10(9)14/h4-6H,1-3H3,(H,17,18). The average Bonchev–Trinajstić information content (AvgIpc) is 2.28. The summed E-state index contributed by atoms with van der Waals surface area (Å²) in [5.74, 6) is -1.09. The number of nitriles is 1. The van der Waals surface area contributed by atoms with Gasteiger partial charge in [-0.15, -0.1) is 0 Å². The molecule has 7 heteroatoms. The van der Waals surface area contributed by atoms with Gasteiger partial charge >= 0.3 is 12.2 Å². The summed E-state index contributed by atoms with van der Waals surface area (Å²) >= 11 is 0. The Bertz CT molecular complexity index is 587. The number of benzene rings is 1. The van der Waals surface area contributed by atoms with Gasteiger partial charge in [-0.3, -0.25) is 0 Å². The van der Waals surface area contributed by atoms with Gasteiger partial charge in [-0.05, 0) is 32.9 Å². The number of ether oxygens (including phenoxy) is 1. The van der Waals surface area contributed by atoms with E-state index in [1.807, 2.05) is 0 Å². The summed E-state index contributed by atoms with van der Waals surface area (Å²) in [5, 5.41) is 17.8. The van der Waals surface area contributed by atoms with Crippen molar-refractivity contribution in [2.75, 3.05) is 4.90 Å². The summed E-state index contributed by atoms with van der Waals surface area (Å²) in [6.45, 7) is 4.65. The minimum Gasteiger partial charge on any atom is -0.464 e. The minimum absolute atomic E-state index is 0.126. The fourth-order valence-corrected chi connectivity index (χ4v) is 1.37. The van der Waals surface area contributed by atoms with Crippen LogP contribution in [-0.2, 0) is 4.74 Å². The number of rotatable bonds is 1. The van der Waals surface area contributed by atoms with E-state index in [1.165, 1.54) is 12.1 Å². The number of carboxylic acid groups (broad SMARTS) is 1. The van der Waals surface area contributed by atoms with Crippen molar-refractivity contribution in [2.24, 2.45) is 0 Å². The zero-order chi connectivity index (χ0) is 15.5. The van der Waals surface area contributed by atoms with Crippen molar-refractivity contribution in [1.29, 1.82) is 5.26 Å². The van der Waals surface area contributed by atoms with Crippen molar-refractivity contribution < 1.29 is 23.8 Å². The van der Waals surface area contributed by atoms with Crippen LogP contribution in [0.15, 0.2) is 18.2 Å². The van der Waals surface area contributed by atoms with Crippen molar-refractivity contribution in [3.63, 3.8) is 0 Å². The van der Waals surface area contributed by atoms with Gasteiger partial charge in [-0.2, -0.15) is 10.2 Å². The van der Waals surface area contributed by atoms with Crippen LogP contribution in [-0.4, -0.2) is 22.9 Å². The molecule has 2 amide bonds. The van der Waals surface area contributed by atoms with E-state index in [1.54, 1.807) is 26.8 Å². The van der Waals surface area contributed by atoms with E-state index in [9.17, 15) is 14.0 Å². The Morgan fingerprint density at radius 2 is 2.00 bits per heavy atom. The maximum atomic E-state index is 13.9. The lowest BCUT2D eigenvalue weighted by molar-refractivity contribution is 0.0581. The molecule has 1 aromatic rings. The lowest BCUT2D eigenvalue weighted by Gasteiger charge is -2.24. The Hall–Kier alpha value is -2.62. The zero-order valence-corrected chi connectivity index (χ0v) is 11.2. The van der Waals surface area contributed by atoms with E-state index < -0.39 is 29.3 Å². The van der Waals surface area contributed by atoms with Gasteiger partial charge in [-0.25, -0.2) is 14.0 Å². The molecule has 1 rings (SSSR count).